The Kier molecular flexibility index (Phi) is 7.17. The smallest absolute Gasteiger partial charge is 0.223 e. The van der Waals surface area contributed by atoms with E-state index in [2.05, 4.69) is 0 Å². The van der Waals surface area contributed by atoms with E-state index in [9.17, 15) is 9.90 Å². The van der Waals surface area contributed by atoms with Crippen molar-refractivity contribution in [3.05, 3.63) is 64.2 Å². The van der Waals surface area contributed by atoms with Gasteiger partial charge in [-0.1, -0.05) is 35.9 Å². The molecule has 3 rings (SSSR count). The highest BCUT2D eigenvalue weighted by Crippen LogP contribution is 2.39. The topological polar surface area (TPSA) is 81.8 Å². The van der Waals surface area contributed by atoms with Crippen molar-refractivity contribution in [3.8, 4) is 5.75 Å². The Bertz CT molecular complexity index is 837. The first kappa shape index (κ1) is 21.6. The van der Waals surface area contributed by atoms with Crippen LogP contribution in [-0.4, -0.2) is 29.8 Å². The summed E-state index contributed by atoms with van der Waals surface area (Å²) in [5.41, 5.74) is 8.41. The molecule has 6 heteroatoms. The number of ether oxygens (including phenoxy) is 2. The lowest BCUT2D eigenvalue weighted by Crippen LogP contribution is -2.19. The molecule has 0 aromatic heterocycles. The van der Waals surface area contributed by atoms with Crippen LogP contribution < -0.4 is 10.5 Å². The van der Waals surface area contributed by atoms with Crippen LogP contribution in [0.1, 0.15) is 49.5 Å². The summed E-state index contributed by atoms with van der Waals surface area (Å²) in [5.74, 6) is 0.273. The van der Waals surface area contributed by atoms with Crippen LogP contribution in [0.15, 0.2) is 42.5 Å². The standard InChI is InChI=1S/C23H28ClNO4/c1-3-28-18-7-4-15(5-8-18)11-17-12-16(6-9-20(17)24)21(10-14(2)26)29-22-13-19(22)23(25)27/h4-9,12,14,19,21-22,26H,3,10-11,13H2,1-2H3,(H2,25,27). The van der Waals surface area contributed by atoms with E-state index in [4.69, 9.17) is 26.8 Å². The van der Waals surface area contributed by atoms with Crippen molar-refractivity contribution in [2.24, 2.45) is 11.7 Å². The highest BCUT2D eigenvalue weighted by atomic mass is 35.5. The summed E-state index contributed by atoms with van der Waals surface area (Å²) in [4.78, 5) is 11.3. The maximum atomic E-state index is 11.3. The molecule has 4 unspecified atom stereocenters. The van der Waals surface area contributed by atoms with E-state index in [1.807, 2.05) is 49.4 Å². The lowest BCUT2D eigenvalue weighted by atomic mass is 9.98. The lowest BCUT2D eigenvalue weighted by Gasteiger charge is -2.21. The number of aliphatic hydroxyl groups is 1. The third-order valence-electron chi connectivity index (χ3n) is 5.06. The van der Waals surface area contributed by atoms with Gasteiger partial charge in [-0.05, 0) is 61.6 Å². The Morgan fingerprint density at radius 1 is 1.28 bits per heavy atom. The molecule has 0 heterocycles. The number of hydrogen-bond acceptors (Lipinski definition) is 4. The highest BCUT2D eigenvalue weighted by molar-refractivity contribution is 6.31. The van der Waals surface area contributed by atoms with Gasteiger partial charge in [-0.3, -0.25) is 4.79 Å². The molecular formula is C23H28ClNO4. The fraction of sp³-hybridized carbons (Fsp3) is 0.435. The summed E-state index contributed by atoms with van der Waals surface area (Å²) in [7, 11) is 0. The van der Waals surface area contributed by atoms with Crippen LogP contribution in [0.25, 0.3) is 0 Å². The highest BCUT2D eigenvalue weighted by Gasteiger charge is 2.44. The lowest BCUT2D eigenvalue weighted by molar-refractivity contribution is -0.120. The molecule has 1 aliphatic carbocycles. The van der Waals surface area contributed by atoms with Crippen molar-refractivity contribution in [1.29, 1.82) is 0 Å². The number of primary amides is 1. The van der Waals surface area contributed by atoms with Crippen LogP contribution in [0, 0.1) is 5.92 Å². The maximum Gasteiger partial charge on any atom is 0.223 e. The Hall–Kier alpha value is -2.08. The molecule has 1 aliphatic rings. The van der Waals surface area contributed by atoms with Gasteiger partial charge >= 0.3 is 0 Å². The molecule has 0 spiro atoms. The summed E-state index contributed by atoms with van der Waals surface area (Å²) >= 11 is 6.44. The molecule has 2 aromatic carbocycles. The molecule has 5 nitrogen and oxygen atoms in total. The average Bonchev–Trinajstić information content (AvgIpc) is 3.44. The average molecular weight is 418 g/mol. The second-order valence-corrected chi connectivity index (χ2v) is 8.00. The number of hydrogen-bond donors (Lipinski definition) is 2. The van der Waals surface area contributed by atoms with E-state index in [-0.39, 0.29) is 24.0 Å². The molecule has 29 heavy (non-hydrogen) atoms. The molecule has 0 bridgehead atoms. The summed E-state index contributed by atoms with van der Waals surface area (Å²) in [6.07, 6.45) is 0.719. The van der Waals surface area contributed by atoms with Crippen LogP contribution in [-0.2, 0) is 16.0 Å². The SMILES string of the molecule is CCOc1ccc(Cc2cc(C(CC(C)O)OC3CC3C(N)=O)ccc2Cl)cc1. The second kappa shape index (κ2) is 9.61. The quantitative estimate of drug-likeness (QED) is 0.611. The molecule has 1 fully saturated rings. The fourth-order valence-electron chi connectivity index (χ4n) is 3.43. The van der Waals surface area contributed by atoms with E-state index in [1.165, 1.54) is 0 Å². The minimum atomic E-state index is -0.531. The minimum Gasteiger partial charge on any atom is -0.494 e. The summed E-state index contributed by atoms with van der Waals surface area (Å²) in [5, 5.41) is 10.6. The van der Waals surface area contributed by atoms with Crippen LogP contribution in [0.4, 0.5) is 0 Å². The largest absolute Gasteiger partial charge is 0.494 e. The van der Waals surface area contributed by atoms with E-state index in [0.717, 1.165) is 22.4 Å². The summed E-state index contributed by atoms with van der Waals surface area (Å²) < 4.78 is 11.6. The molecular weight excluding hydrogens is 390 g/mol. The molecule has 0 radical (unpaired) electrons. The monoisotopic (exact) mass is 417 g/mol. The normalized spacial score (nSPS) is 20.1. The molecule has 1 amide bonds. The minimum absolute atomic E-state index is 0.179. The van der Waals surface area contributed by atoms with Crippen molar-refractivity contribution >= 4 is 17.5 Å². The van der Waals surface area contributed by atoms with Crippen molar-refractivity contribution in [2.75, 3.05) is 6.61 Å². The van der Waals surface area contributed by atoms with Gasteiger partial charge in [0.15, 0.2) is 0 Å². The molecule has 3 N–H and O–H groups in total. The second-order valence-electron chi connectivity index (χ2n) is 7.60. The Morgan fingerprint density at radius 3 is 2.59 bits per heavy atom. The van der Waals surface area contributed by atoms with Gasteiger partial charge in [0.05, 0.1) is 30.8 Å². The predicted molar refractivity (Wildman–Crippen MR) is 113 cm³/mol. The first-order valence-corrected chi connectivity index (χ1v) is 10.4. The van der Waals surface area contributed by atoms with Gasteiger partial charge in [-0.2, -0.15) is 0 Å². The van der Waals surface area contributed by atoms with Gasteiger partial charge < -0.3 is 20.3 Å². The first-order chi connectivity index (χ1) is 13.9. The Balaban J connectivity index is 1.76. The molecule has 0 saturated heterocycles. The van der Waals surface area contributed by atoms with Crippen molar-refractivity contribution in [3.63, 3.8) is 0 Å². The van der Waals surface area contributed by atoms with Crippen molar-refractivity contribution in [1.82, 2.24) is 0 Å². The maximum absolute atomic E-state index is 11.3. The number of rotatable bonds is 10. The third-order valence-corrected chi connectivity index (χ3v) is 5.43. The van der Waals surface area contributed by atoms with Gasteiger partial charge in [0.2, 0.25) is 5.91 Å². The fourth-order valence-corrected chi connectivity index (χ4v) is 3.62. The molecule has 4 atom stereocenters. The number of carbonyl (C=O) groups excluding carboxylic acids is 1. The van der Waals surface area contributed by atoms with Crippen LogP contribution in [0.5, 0.6) is 5.75 Å². The first-order valence-electron chi connectivity index (χ1n) is 10.00. The van der Waals surface area contributed by atoms with Crippen molar-refractivity contribution < 1.29 is 19.4 Å². The van der Waals surface area contributed by atoms with Crippen molar-refractivity contribution in [2.45, 2.75) is 51.4 Å². The Labute approximate surface area is 176 Å². The predicted octanol–water partition coefficient (Wildman–Crippen LogP) is 4.03. The molecule has 0 aliphatic heterocycles. The molecule has 156 valence electrons. The zero-order valence-corrected chi connectivity index (χ0v) is 17.6. The third kappa shape index (κ3) is 5.95. The number of nitrogens with two attached hydrogens (primary N) is 1. The number of benzene rings is 2. The van der Waals surface area contributed by atoms with E-state index >= 15 is 0 Å². The molecule has 1 saturated carbocycles. The van der Waals surface area contributed by atoms with Gasteiger partial charge in [0.1, 0.15) is 5.75 Å². The van der Waals surface area contributed by atoms with E-state index < -0.39 is 6.10 Å². The number of aliphatic hydroxyl groups excluding tert-OH is 1. The molecule has 2 aromatic rings. The van der Waals surface area contributed by atoms with Crippen LogP contribution in [0.2, 0.25) is 5.02 Å². The van der Waals surface area contributed by atoms with Gasteiger partial charge in [-0.15, -0.1) is 0 Å². The number of carbonyl (C=O) groups is 1. The zero-order chi connectivity index (χ0) is 21.0. The number of halogens is 1. The van der Waals surface area contributed by atoms with E-state index in [1.54, 1.807) is 6.92 Å². The zero-order valence-electron chi connectivity index (χ0n) is 16.8. The van der Waals surface area contributed by atoms with Gasteiger partial charge in [0.25, 0.3) is 0 Å². The van der Waals surface area contributed by atoms with Crippen LogP contribution >= 0.6 is 11.6 Å². The summed E-state index contributed by atoms with van der Waals surface area (Å²) in [6, 6.07) is 13.8. The van der Waals surface area contributed by atoms with Gasteiger partial charge in [-0.25, -0.2) is 0 Å². The van der Waals surface area contributed by atoms with Crippen LogP contribution in [0.3, 0.4) is 0 Å². The Morgan fingerprint density at radius 2 is 2.00 bits per heavy atom. The summed E-state index contributed by atoms with van der Waals surface area (Å²) in [6.45, 7) is 4.32. The van der Waals surface area contributed by atoms with Gasteiger partial charge in [0, 0.05) is 11.4 Å². The number of amides is 1. The van der Waals surface area contributed by atoms with E-state index in [0.29, 0.717) is 30.9 Å².